The number of nitrogens with zero attached hydrogens (tertiary/aromatic N) is 2. The van der Waals surface area contributed by atoms with Gasteiger partial charge in [0.2, 0.25) is 5.91 Å². The first-order chi connectivity index (χ1) is 12.3. The molecular weight excluding hydrogens is 393 g/mol. The Bertz CT molecular complexity index is 1070. The fraction of sp³-hybridized carbons (Fsp3) is 0.278. The first kappa shape index (κ1) is 18.9. The summed E-state index contributed by atoms with van der Waals surface area (Å²) in [6.07, 6.45) is 0.844. The van der Waals surface area contributed by atoms with Gasteiger partial charge in [-0.25, -0.2) is 4.98 Å². The Morgan fingerprint density at radius 2 is 2.04 bits per heavy atom. The van der Waals surface area contributed by atoms with Gasteiger partial charge in [-0.1, -0.05) is 36.2 Å². The first-order valence-corrected chi connectivity index (χ1v) is 9.67. The summed E-state index contributed by atoms with van der Waals surface area (Å²) in [5, 5.41) is 1.43. The number of aryl methyl sites for hydroxylation is 2. The van der Waals surface area contributed by atoms with Gasteiger partial charge in [0.1, 0.15) is 10.7 Å². The summed E-state index contributed by atoms with van der Waals surface area (Å²) in [5.74, 6) is 0.106. The molecule has 0 radical (unpaired) electrons. The minimum absolute atomic E-state index is 0.0841. The van der Waals surface area contributed by atoms with Crippen LogP contribution in [-0.4, -0.2) is 15.5 Å². The Balaban J connectivity index is 2.30. The lowest BCUT2D eigenvalue weighted by Gasteiger charge is -2.10. The molecule has 0 aliphatic rings. The predicted octanol–water partition coefficient (Wildman–Crippen LogP) is 4.18. The fourth-order valence-corrected chi connectivity index (χ4v) is 4.39. The molecule has 2 N–H and O–H groups in total. The molecule has 3 aromatic rings. The van der Waals surface area contributed by atoms with Gasteiger partial charge in [0, 0.05) is 23.4 Å². The van der Waals surface area contributed by atoms with Crippen molar-refractivity contribution in [3.8, 4) is 11.1 Å². The van der Waals surface area contributed by atoms with Gasteiger partial charge < -0.3 is 5.73 Å². The van der Waals surface area contributed by atoms with E-state index < -0.39 is 5.91 Å². The average molecular weight is 410 g/mol. The van der Waals surface area contributed by atoms with Crippen molar-refractivity contribution in [1.29, 1.82) is 0 Å². The molecule has 1 aromatic carbocycles. The van der Waals surface area contributed by atoms with Crippen molar-refractivity contribution < 1.29 is 4.79 Å². The van der Waals surface area contributed by atoms with Crippen LogP contribution in [0.1, 0.15) is 24.0 Å². The lowest BCUT2D eigenvalue weighted by Crippen LogP contribution is -2.26. The van der Waals surface area contributed by atoms with Crippen LogP contribution in [0, 0.1) is 6.92 Å². The molecule has 0 unspecified atom stereocenters. The van der Waals surface area contributed by atoms with Crippen LogP contribution in [0.4, 0.5) is 0 Å². The molecule has 0 bridgehead atoms. The van der Waals surface area contributed by atoms with Crippen LogP contribution in [0.15, 0.2) is 23.0 Å². The van der Waals surface area contributed by atoms with Gasteiger partial charge in [0.25, 0.3) is 5.56 Å². The predicted molar refractivity (Wildman–Crippen MR) is 107 cm³/mol. The summed E-state index contributed by atoms with van der Waals surface area (Å²) in [7, 11) is 0. The van der Waals surface area contributed by atoms with Crippen LogP contribution in [0.25, 0.3) is 21.3 Å². The standard InChI is InChI=1S/C18H17Cl2N3O2S/c1-3-13-15(10-4-5-11(19)12(20)8-10)16-17(26-13)22-9(2)23(18(16)25)7-6-14(21)24/h4-5,8H,3,6-7H2,1-2H3,(H2,21,24). The Hall–Kier alpha value is -1.89. The summed E-state index contributed by atoms with van der Waals surface area (Å²) in [6.45, 7) is 4.00. The lowest BCUT2D eigenvalue weighted by molar-refractivity contribution is -0.118. The van der Waals surface area contributed by atoms with E-state index in [-0.39, 0.29) is 18.5 Å². The number of primary amides is 1. The summed E-state index contributed by atoms with van der Waals surface area (Å²) in [4.78, 5) is 30.6. The average Bonchev–Trinajstić information content (AvgIpc) is 2.95. The number of hydrogen-bond acceptors (Lipinski definition) is 4. The molecule has 0 saturated carbocycles. The third-order valence-corrected chi connectivity index (χ3v) is 6.15. The highest BCUT2D eigenvalue weighted by Crippen LogP contribution is 2.38. The number of nitrogens with two attached hydrogens (primary N) is 1. The van der Waals surface area contributed by atoms with Gasteiger partial charge >= 0.3 is 0 Å². The molecule has 0 aliphatic heterocycles. The van der Waals surface area contributed by atoms with E-state index in [0.29, 0.717) is 26.1 Å². The number of benzene rings is 1. The molecule has 0 spiro atoms. The first-order valence-electron chi connectivity index (χ1n) is 8.10. The highest BCUT2D eigenvalue weighted by atomic mass is 35.5. The van der Waals surface area contributed by atoms with Gasteiger partial charge in [0.05, 0.1) is 15.4 Å². The zero-order valence-electron chi connectivity index (χ0n) is 14.3. The normalized spacial score (nSPS) is 11.2. The molecule has 0 saturated heterocycles. The smallest absolute Gasteiger partial charge is 0.262 e. The van der Waals surface area contributed by atoms with Crippen molar-refractivity contribution in [1.82, 2.24) is 9.55 Å². The van der Waals surface area contributed by atoms with E-state index in [1.807, 2.05) is 13.0 Å². The minimum Gasteiger partial charge on any atom is -0.370 e. The number of rotatable bonds is 5. The molecular formula is C18H17Cl2N3O2S. The number of aromatic nitrogens is 2. The zero-order valence-corrected chi connectivity index (χ0v) is 16.6. The van der Waals surface area contributed by atoms with Crippen LogP contribution in [0.5, 0.6) is 0 Å². The van der Waals surface area contributed by atoms with Crippen molar-refractivity contribution >= 4 is 50.7 Å². The van der Waals surface area contributed by atoms with E-state index in [1.165, 1.54) is 15.9 Å². The highest BCUT2D eigenvalue weighted by molar-refractivity contribution is 7.19. The van der Waals surface area contributed by atoms with E-state index in [9.17, 15) is 9.59 Å². The third-order valence-electron chi connectivity index (χ3n) is 4.19. The molecule has 0 atom stereocenters. The number of fused-ring (bicyclic) bond motifs is 1. The molecule has 2 aromatic heterocycles. The molecule has 26 heavy (non-hydrogen) atoms. The van der Waals surface area contributed by atoms with Gasteiger partial charge in [0.15, 0.2) is 0 Å². The molecule has 0 aliphatic carbocycles. The van der Waals surface area contributed by atoms with E-state index in [0.717, 1.165) is 22.4 Å². The van der Waals surface area contributed by atoms with E-state index in [1.54, 1.807) is 19.1 Å². The number of carbonyl (C=O) groups is 1. The zero-order chi connectivity index (χ0) is 19.0. The van der Waals surface area contributed by atoms with Crippen LogP contribution < -0.4 is 11.3 Å². The maximum absolute atomic E-state index is 13.2. The van der Waals surface area contributed by atoms with E-state index in [2.05, 4.69) is 4.98 Å². The summed E-state index contributed by atoms with van der Waals surface area (Å²) in [5.41, 5.74) is 6.71. The summed E-state index contributed by atoms with van der Waals surface area (Å²) < 4.78 is 1.50. The van der Waals surface area contributed by atoms with Gasteiger partial charge in [-0.3, -0.25) is 14.2 Å². The Morgan fingerprint density at radius 3 is 2.65 bits per heavy atom. The molecule has 8 heteroatoms. The molecule has 1 amide bonds. The largest absolute Gasteiger partial charge is 0.370 e. The Labute approximate surface area is 164 Å². The van der Waals surface area contributed by atoms with Crippen molar-refractivity contribution in [2.45, 2.75) is 33.2 Å². The van der Waals surface area contributed by atoms with Crippen LogP contribution >= 0.6 is 34.5 Å². The lowest BCUT2D eigenvalue weighted by atomic mass is 10.0. The third kappa shape index (κ3) is 3.37. The SMILES string of the molecule is CCc1sc2nc(C)n(CCC(N)=O)c(=O)c2c1-c1ccc(Cl)c(Cl)c1. The number of hydrogen-bond donors (Lipinski definition) is 1. The van der Waals surface area contributed by atoms with Crippen molar-refractivity contribution in [3.63, 3.8) is 0 Å². The Kier molecular flexibility index (Phi) is 5.37. The van der Waals surface area contributed by atoms with Crippen LogP contribution in [-0.2, 0) is 17.8 Å². The van der Waals surface area contributed by atoms with E-state index >= 15 is 0 Å². The summed E-state index contributed by atoms with van der Waals surface area (Å²) in [6, 6.07) is 5.33. The molecule has 0 fully saturated rings. The van der Waals surface area contributed by atoms with E-state index in [4.69, 9.17) is 28.9 Å². The topological polar surface area (TPSA) is 78.0 Å². The second-order valence-corrected chi connectivity index (χ2v) is 7.79. The Morgan fingerprint density at radius 1 is 1.31 bits per heavy atom. The molecule has 5 nitrogen and oxygen atoms in total. The summed E-state index contributed by atoms with van der Waals surface area (Å²) >= 11 is 13.7. The van der Waals surface area contributed by atoms with Gasteiger partial charge in [-0.05, 0) is 31.0 Å². The molecule has 3 rings (SSSR count). The maximum atomic E-state index is 13.2. The van der Waals surface area contributed by atoms with Gasteiger partial charge in [-0.2, -0.15) is 0 Å². The molecule has 136 valence electrons. The van der Waals surface area contributed by atoms with Gasteiger partial charge in [-0.15, -0.1) is 11.3 Å². The van der Waals surface area contributed by atoms with Crippen molar-refractivity contribution in [3.05, 3.63) is 49.3 Å². The number of amides is 1. The van der Waals surface area contributed by atoms with Crippen molar-refractivity contribution in [2.75, 3.05) is 0 Å². The van der Waals surface area contributed by atoms with Crippen LogP contribution in [0.2, 0.25) is 10.0 Å². The second-order valence-electron chi connectivity index (χ2n) is 5.89. The molecule has 2 heterocycles. The maximum Gasteiger partial charge on any atom is 0.262 e. The number of halogens is 2. The second kappa shape index (κ2) is 7.39. The van der Waals surface area contributed by atoms with Crippen molar-refractivity contribution in [2.24, 2.45) is 5.73 Å². The quantitative estimate of drug-likeness (QED) is 0.686. The number of thiophene rings is 1. The monoisotopic (exact) mass is 409 g/mol. The minimum atomic E-state index is -0.458. The number of carbonyl (C=O) groups excluding carboxylic acids is 1. The highest BCUT2D eigenvalue weighted by Gasteiger charge is 2.20. The van der Waals surface area contributed by atoms with Crippen LogP contribution in [0.3, 0.4) is 0 Å². The fourth-order valence-electron chi connectivity index (χ4n) is 2.92.